The molecular weight excluding hydrogens is 194 g/mol. The molecule has 0 spiro atoms. The first-order valence-electron chi connectivity index (χ1n) is 5.04. The molecule has 1 saturated heterocycles. The SMILES string of the molecule is C=C[C@H](C)NC(=O)N1CC(=O)N(CC)C1. The van der Waals surface area contributed by atoms with E-state index in [1.165, 1.54) is 4.90 Å². The molecule has 0 aromatic carbocycles. The van der Waals surface area contributed by atoms with Crippen LogP contribution < -0.4 is 5.32 Å². The summed E-state index contributed by atoms with van der Waals surface area (Å²) in [4.78, 5) is 26.1. The van der Waals surface area contributed by atoms with Gasteiger partial charge in [0.1, 0.15) is 6.54 Å². The molecule has 1 rings (SSSR count). The molecule has 1 aliphatic rings. The molecule has 5 nitrogen and oxygen atoms in total. The maximum Gasteiger partial charge on any atom is 0.319 e. The summed E-state index contributed by atoms with van der Waals surface area (Å²) in [6, 6.07) is -0.296. The molecule has 1 atom stereocenters. The summed E-state index contributed by atoms with van der Waals surface area (Å²) >= 11 is 0. The van der Waals surface area contributed by atoms with Crippen LogP contribution in [0.25, 0.3) is 0 Å². The Labute approximate surface area is 89.7 Å². The molecule has 0 aromatic heterocycles. The van der Waals surface area contributed by atoms with Gasteiger partial charge in [0, 0.05) is 12.6 Å². The van der Waals surface area contributed by atoms with Gasteiger partial charge in [-0.25, -0.2) is 4.79 Å². The number of nitrogens with one attached hydrogen (secondary N) is 1. The molecule has 0 unspecified atom stereocenters. The average Bonchev–Trinajstić information content (AvgIpc) is 2.59. The fourth-order valence-electron chi connectivity index (χ4n) is 1.36. The Kier molecular flexibility index (Phi) is 3.71. The number of rotatable bonds is 3. The minimum atomic E-state index is -0.216. The Morgan fingerprint density at radius 1 is 1.73 bits per heavy atom. The molecule has 0 aliphatic carbocycles. The van der Waals surface area contributed by atoms with Crippen LogP contribution in [0.2, 0.25) is 0 Å². The maximum absolute atomic E-state index is 11.6. The predicted octanol–water partition coefficient (Wildman–Crippen LogP) is 0.392. The van der Waals surface area contributed by atoms with Gasteiger partial charge in [-0.3, -0.25) is 9.69 Å². The Hall–Kier alpha value is -1.52. The summed E-state index contributed by atoms with van der Waals surface area (Å²) in [5.74, 6) is -0.00101. The van der Waals surface area contributed by atoms with E-state index in [0.717, 1.165) is 0 Å². The largest absolute Gasteiger partial charge is 0.332 e. The van der Waals surface area contributed by atoms with E-state index >= 15 is 0 Å². The molecular formula is C10H17N3O2. The van der Waals surface area contributed by atoms with Crippen LogP contribution in [0.1, 0.15) is 13.8 Å². The van der Waals surface area contributed by atoms with Gasteiger partial charge in [-0.2, -0.15) is 0 Å². The molecule has 1 N–H and O–H groups in total. The molecule has 0 aromatic rings. The maximum atomic E-state index is 11.6. The zero-order chi connectivity index (χ0) is 11.4. The topological polar surface area (TPSA) is 52.7 Å². The fraction of sp³-hybridized carbons (Fsp3) is 0.600. The predicted molar refractivity (Wildman–Crippen MR) is 57.2 cm³/mol. The minimum absolute atomic E-state index is 0.00101. The molecule has 1 heterocycles. The first-order chi connectivity index (χ1) is 7.08. The summed E-state index contributed by atoms with van der Waals surface area (Å²) in [6.45, 7) is 8.49. The van der Waals surface area contributed by atoms with Crippen LogP contribution >= 0.6 is 0 Å². The summed E-state index contributed by atoms with van der Waals surface area (Å²) < 4.78 is 0. The number of amides is 3. The second kappa shape index (κ2) is 4.82. The van der Waals surface area contributed by atoms with Gasteiger partial charge >= 0.3 is 6.03 Å². The van der Waals surface area contributed by atoms with Gasteiger partial charge in [0.2, 0.25) is 5.91 Å². The lowest BCUT2D eigenvalue weighted by Crippen LogP contribution is -2.42. The highest BCUT2D eigenvalue weighted by Gasteiger charge is 2.29. The van der Waals surface area contributed by atoms with Gasteiger partial charge in [0.05, 0.1) is 6.67 Å². The fourth-order valence-corrected chi connectivity index (χ4v) is 1.36. The van der Waals surface area contributed by atoms with Crippen LogP contribution in [0.5, 0.6) is 0 Å². The first-order valence-corrected chi connectivity index (χ1v) is 5.04. The molecule has 84 valence electrons. The van der Waals surface area contributed by atoms with E-state index in [0.29, 0.717) is 13.2 Å². The van der Waals surface area contributed by atoms with E-state index in [1.807, 2.05) is 13.8 Å². The van der Waals surface area contributed by atoms with E-state index < -0.39 is 0 Å². The molecule has 1 fully saturated rings. The van der Waals surface area contributed by atoms with Gasteiger partial charge < -0.3 is 10.2 Å². The van der Waals surface area contributed by atoms with E-state index in [2.05, 4.69) is 11.9 Å². The van der Waals surface area contributed by atoms with Crippen molar-refractivity contribution in [2.24, 2.45) is 0 Å². The molecule has 0 bridgehead atoms. The zero-order valence-corrected chi connectivity index (χ0v) is 9.19. The standard InChI is InChI=1S/C10H17N3O2/c1-4-8(3)11-10(15)13-6-9(14)12(5-2)7-13/h4,8H,1,5-7H2,2-3H3,(H,11,15)/t8-/m0/s1. The van der Waals surface area contributed by atoms with Crippen molar-refractivity contribution in [1.82, 2.24) is 15.1 Å². The van der Waals surface area contributed by atoms with Crippen molar-refractivity contribution < 1.29 is 9.59 Å². The molecule has 15 heavy (non-hydrogen) atoms. The molecule has 0 saturated carbocycles. The van der Waals surface area contributed by atoms with Crippen LogP contribution in [0, 0.1) is 0 Å². The van der Waals surface area contributed by atoms with Crippen LogP contribution in [-0.2, 0) is 4.79 Å². The van der Waals surface area contributed by atoms with E-state index in [-0.39, 0.29) is 24.5 Å². The lowest BCUT2D eigenvalue weighted by atomic mass is 10.3. The highest BCUT2D eigenvalue weighted by atomic mass is 16.2. The van der Waals surface area contributed by atoms with Crippen molar-refractivity contribution in [3.05, 3.63) is 12.7 Å². The summed E-state index contributed by atoms with van der Waals surface area (Å²) in [6.07, 6.45) is 1.65. The Morgan fingerprint density at radius 3 is 2.87 bits per heavy atom. The second-order valence-electron chi connectivity index (χ2n) is 3.56. The third-order valence-corrected chi connectivity index (χ3v) is 2.39. The van der Waals surface area contributed by atoms with Crippen molar-refractivity contribution >= 4 is 11.9 Å². The summed E-state index contributed by atoms with van der Waals surface area (Å²) in [7, 11) is 0. The Balaban J connectivity index is 2.49. The number of hydrogen-bond donors (Lipinski definition) is 1. The molecule has 3 amide bonds. The molecule has 0 radical (unpaired) electrons. The highest BCUT2D eigenvalue weighted by Crippen LogP contribution is 2.06. The first kappa shape index (κ1) is 11.6. The quantitative estimate of drug-likeness (QED) is 0.687. The number of hydrogen-bond acceptors (Lipinski definition) is 2. The van der Waals surface area contributed by atoms with Crippen molar-refractivity contribution in [1.29, 1.82) is 0 Å². The number of nitrogens with zero attached hydrogens (tertiary/aromatic N) is 2. The molecule has 5 heteroatoms. The van der Waals surface area contributed by atoms with Crippen molar-refractivity contribution in [2.45, 2.75) is 19.9 Å². The Morgan fingerprint density at radius 2 is 2.40 bits per heavy atom. The van der Waals surface area contributed by atoms with Gasteiger partial charge in [0.15, 0.2) is 0 Å². The third-order valence-electron chi connectivity index (χ3n) is 2.39. The average molecular weight is 211 g/mol. The van der Waals surface area contributed by atoms with Crippen molar-refractivity contribution in [2.75, 3.05) is 19.8 Å². The van der Waals surface area contributed by atoms with Crippen LogP contribution in [0.3, 0.4) is 0 Å². The normalized spacial score (nSPS) is 17.9. The van der Waals surface area contributed by atoms with Gasteiger partial charge in [-0.1, -0.05) is 6.08 Å². The summed E-state index contributed by atoms with van der Waals surface area (Å²) in [5.41, 5.74) is 0. The number of carbonyl (C=O) groups is 2. The van der Waals surface area contributed by atoms with Gasteiger partial charge in [0.25, 0.3) is 0 Å². The number of likely N-dealkylation sites (N-methyl/N-ethyl adjacent to an activating group) is 1. The van der Waals surface area contributed by atoms with Crippen LogP contribution in [0.4, 0.5) is 4.79 Å². The van der Waals surface area contributed by atoms with Crippen molar-refractivity contribution in [3.63, 3.8) is 0 Å². The minimum Gasteiger partial charge on any atom is -0.332 e. The van der Waals surface area contributed by atoms with Crippen LogP contribution in [-0.4, -0.2) is 47.5 Å². The van der Waals surface area contributed by atoms with E-state index in [1.54, 1.807) is 11.0 Å². The van der Waals surface area contributed by atoms with E-state index in [9.17, 15) is 9.59 Å². The summed E-state index contributed by atoms with van der Waals surface area (Å²) in [5, 5.41) is 2.73. The number of carbonyl (C=O) groups excluding carboxylic acids is 2. The van der Waals surface area contributed by atoms with Crippen LogP contribution in [0.15, 0.2) is 12.7 Å². The lowest BCUT2D eigenvalue weighted by molar-refractivity contribution is -0.126. The Bertz CT molecular complexity index is 278. The highest BCUT2D eigenvalue weighted by molar-refractivity contribution is 5.87. The lowest BCUT2D eigenvalue weighted by Gasteiger charge is -2.18. The van der Waals surface area contributed by atoms with Gasteiger partial charge in [-0.15, -0.1) is 6.58 Å². The second-order valence-corrected chi connectivity index (χ2v) is 3.56. The van der Waals surface area contributed by atoms with Crippen molar-refractivity contribution in [3.8, 4) is 0 Å². The monoisotopic (exact) mass is 211 g/mol. The zero-order valence-electron chi connectivity index (χ0n) is 9.19. The third kappa shape index (κ3) is 2.71. The van der Waals surface area contributed by atoms with E-state index in [4.69, 9.17) is 0 Å². The molecule has 1 aliphatic heterocycles. The number of urea groups is 1. The van der Waals surface area contributed by atoms with Gasteiger partial charge in [-0.05, 0) is 13.8 Å². The smallest absolute Gasteiger partial charge is 0.319 e.